The number of nitrogens with one attached hydrogen (secondary N) is 2. The molecule has 3 aromatic rings. The van der Waals surface area contributed by atoms with Crippen molar-refractivity contribution >= 4 is 34.7 Å². The molecule has 0 bridgehead atoms. The van der Waals surface area contributed by atoms with E-state index in [4.69, 9.17) is 11.6 Å². The Labute approximate surface area is 120 Å². The van der Waals surface area contributed by atoms with Gasteiger partial charge in [-0.3, -0.25) is 0 Å². The van der Waals surface area contributed by atoms with Gasteiger partial charge in [-0.05, 0) is 36.4 Å². The number of carbonyl (C=O) groups is 1. The van der Waals surface area contributed by atoms with E-state index in [2.05, 4.69) is 15.6 Å². The molecular weight excluding hydrogens is 276 g/mol. The summed E-state index contributed by atoms with van der Waals surface area (Å²) < 4.78 is 1.83. The highest BCUT2D eigenvalue weighted by Gasteiger charge is 2.06. The molecule has 0 saturated heterocycles. The van der Waals surface area contributed by atoms with E-state index in [1.54, 1.807) is 36.5 Å². The molecule has 0 atom stereocenters. The molecule has 0 aliphatic carbocycles. The van der Waals surface area contributed by atoms with Gasteiger partial charge in [0.2, 0.25) is 0 Å². The van der Waals surface area contributed by atoms with Crippen molar-refractivity contribution in [1.29, 1.82) is 0 Å². The van der Waals surface area contributed by atoms with Crippen LogP contribution in [0.3, 0.4) is 0 Å². The Morgan fingerprint density at radius 2 is 1.90 bits per heavy atom. The first-order valence-electron chi connectivity index (χ1n) is 5.97. The number of benzene rings is 1. The minimum Gasteiger partial charge on any atom is -0.308 e. The molecule has 6 heteroatoms. The standard InChI is InChI=1S/C14H11ClN4O/c15-10-3-5-11(6-4-10)17-14(20)18-12-2-1-8-19-9-7-16-13(12)19/h1-9H,(H2,17,18,20). The molecule has 3 rings (SSSR count). The second kappa shape index (κ2) is 5.22. The van der Waals surface area contributed by atoms with Crippen LogP contribution in [0.4, 0.5) is 16.2 Å². The van der Waals surface area contributed by atoms with Crippen LogP contribution in [0.15, 0.2) is 55.0 Å². The smallest absolute Gasteiger partial charge is 0.308 e. The lowest BCUT2D eigenvalue weighted by molar-refractivity contribution is 0.262. The summed E-state index contributed by atoms with van der Waals surface area (Å²) in [6.07, 6.45) is 5.36. The zero-order valence-electron chi connectivity index (χ0n) is 10.4. The summed E-state index contributed by atoms with van der Waals surface area (Å²) in [5.41, 5.74) is 2.00. The molecule has 5 nitrogen and oxygen atoms in total. The van der Waals surface area contributed by atoms with Gasteiger partial charge in [-0.15, -0.1) is 0 Å². The van der Waals surface area contributed by atoms with E-state index in [0.717, 1.165) is 0 Å². The summed E-state index contributed by atoms with van der Waals surface area (Å²) in [5.74, 6) is 0. The fourth-order valence-corrected chi connectivity index (χ4v) is 1.99. The summed E-state index contributed by atoms with van der Waals surface area (Å²) in [5, 5.41) is 6.12. The second-order valence-corrected chi connectivity index (χ2v) is 4.60. The number of carbonyl (C=O) groups excluding carboxylic acids is 1. The monoisotopic (exact) mass is 286 g/mol. The highest BCUT2D eigenvalue weighted by molar-refractivity contribution is 6.30. The summed E-state index contributed by atoms with van der Waals surface area (Å²) in [7, 11) is 0. The van der Waals surface area contributed by atoms with E-state index in [-0.39, 0.29) is 6.03 Å². The molecule has 0 saturated carbocycles. The maximum atomic E-state index is 11.9. The Bertz CT molecular complexity index is 751. The lowest BCUT2D eigenvalue weighted by Crippen LogP contribution is -2.19. The predicted octanol–water partition coefficient (Wildman–Crippen LogP) is 3.63. The van der Waals surface area contributed by atoms with Crippen LogP contribution in [0.25, 0.3) is 5.65 Å². The van der Waals surface area contributed by atoms with E-state index in [1.807, 2.05) is 22.9 Å². The number of imidazole rings is 1. The SMILES string of the molecule is O=C(Nc1ccc(Cl)cc1)Nc1cccn2ccnc12. The van der Waals surface area contributed by atoms with Crippen molar-refractivity contribution < 1.29 is 4.79 Å². The number of rotatable bonds is 2. The number of hydrogen-bond acceptors (Lipinski definition) is 2. The number of aromatic nitrogens is 2. The van der Waals surface area contributed by atoms with Gasteiger partial charge < -0.3 is 15.0 Å². The van der Waals surface area contributed by atoms with Gasteiger partial charge in [-0.25, -0.2) is 9.78 Å². The lowest BCUT2D eigenvalue weighted by Gasteiger charge is -2.08. The number of amides is 2. The van der Waals surface area contributed by atoms with Crippen molar-refractivity contribution in [2.75, 3.05) is 10.6 Å². The first-order valence-corrected chi connectivity index (χ1v) is 6.35. The number of nitrogens with zero attached hydrogens (tertiary/aromatic N) is 2. The van der Waals surface area contributed by atoms with Crippen LogP contribution in [0, 0.1) is 0 Å². The zero-order valence-corrected chi connectivity index (χ0v) is 11.1. The van der Waals surface area contributed by atoms with Gasteiger partial charge in [-0.1, -0.05) is 11.6 Å². The Balaban J connectivity index is 1.76. The highest BCUT2D eigenvalue weighted by Crippen LogP contribution is 2.16. The van der Waals surface area contributed by atoms with E-state index >= 15 is 0 Å². The van der Waals surface area contributed by atoms with Crippen LogP contribution in [0.2, 0.25) is 5.02 Å². The molecule has 0 aliphatic rings. The molecule has 2 amide bonds. The van der Waals surface area contributed by atoms with Crippen LogP contribution in [0.1, 0.15) is 0 Å². The van der Waals surface area contributed by atoms with Crippen molar-refractivity contribution in [3.63, 3.8) is 0 Å². The number of halogens is 1. The minimum atomic E-state index is -0.330. The third-order valence-corrected chi connectivity index (χ3v) is 3.02. The van der Waals surface area contributed by atoms with Crippen LogP contribution in [-0.4, -0.2) is 15.4 Å². The molecule has 0 radical (unpaired) electrons. The largest absolute Gasteiger partial charge is 0.323 e. The molecule has 2 N–H and O–H groups in total. The van der Waals surface area contributed by atoms with Gasteiger partial charge in [-0.2, -0.15) is 0 Å². The summed E-state index contributed by atoms with van der Waals surface area (Å²) in [4.78, 5) is 16.1. The van der Waals surface area contributed by atoms with E-state index in [0.29, 0.717) is 22.0 Å². The molecule has 0 unspecified atom stereocenters. The molecule has 100 valence electrons. The third kappa shape index (κ3) is 2.57. The highest BCUT2D eigenvalue weighted by atomic mass is 35.5. The van der Waals surface area contributed by atoms with Gasteiger partial charge in [0.25, 0.3) is 0 Å². The van der Waals surface area contributed by atoms with E-state index in [1.165, 1.54) is 0 Å². The van der Waals surface area contributed by atoms with Crippen molar-refractivity contribution in [1.82, 2.24) is 9.38 Å². The maximum Gasteiger partial charge on any atom is 0.323 e. The van der Waals surface area contributed by atoms with Gasteiger partial charge in [0.1, 0.15) is 0 Å². The lowest BCUT2D eigenvalue weighted by atomic mass is 10.3. The Morgan fingerprint density at radius 3 is 2.70 bits per heavy atom. The Kier molecular flexibility index (Phi) is 3.26. The molecular formula is C14H11ClN4O. The maximum absolute atomic E-state index is 11.9. The molecule has 2 aromatic heterocycles. The van der Waals surface area contributed by atoms with E-state index in [9.17, 15) is 4.79 Å². The molecule has 1 aromatic carbocycles. The number of hydrogen-bond donors (Lipinski definition) is 2. The first-order chi connectivity index (χ1) is 9.72. The fourth-order valence-electron chi connectivity index (χ4n) is 1.86. The Morgan fingerprint density at radius 1 is 1.10 bits per heavy atom. The molecule has 2 heterocycles. The Hall–Kier alpha value is -2.53. The molecule has 0 fully saturated rings. The van der Waals surface area contributed by atoms with Crippen molar-refractivity contribution in [2.24, 2.45) is 0 Å². The fraction of sp³-hybridized carbons (Fsp3) is 0. The molecule has 20 heavy (non-hydrogen) atoms. The van der Waals surface area contributed by atoms with E-state index < -0.39 is 0 Å². The van der Waals surface area contributed by atoms with Crippen molar-refractivity contribution in [3.05, 3.63) is 60.0 Å². The quantitative estimate of drug-likeness (QED) is 0.756. The summed E-state index contributed by atoms with van der Waals surface area (Å²) in [6, 6.07) is 10.2. The van der Waals surface area contributed by atoms with Crippen LogP contribution < -0.4 is 10.6 Å². The second-order valence-electron chi connectivity index (χ2n) is 4.17. The van der Waals surface area contributed by atoms with Gasteiger partial charge in [0, 0.05) is 29.3 Å². The summed E-state index contributed by atoms with van der Waals surface area (Å²) >= 11 is 5.79. The summed E-state index contributed by atoms with van der Waals surface area (Å²) in [6.45, 7) is 0. The van der Waals surface area contributed by atoms with Crippen molar-refractivity contribution in [3.8, 4) is 0 Å². The van der Waals surface area contributed by atoms with Gasteiger partial charge >= 0.3 is 6.03 Å². The van der Waals surface area contributed by atoms with Crippen LogP contribution in [-0.2, 0) is 0 Å². The number of urea groups is 1. The molecule has 0 spiro atoms. The third-order valence-electron chi connectivity index (χ3n) is 2.77. The number of pyridine rings is 1. The number of anilines is 2. The van der Waals surface area contributed by atoms with Crippen molar-refractivity contribution in [2.45, 2.75) is 0 Å². The average molecular weight is 287 g/mol. The van der Waals surface area contributed by atoms with Crippen LogP contribution >= 0.6 is 11.6 Å². The average Bonchev–Trinajstić information content (AvgIpc) is 2.91. The minimum absolute atomic E-state index is 0.330. The topological polar surface area (TPSA) is 58.4 Å². The zero-order chi connectivity index (χ0) is 13.9. The van der Waals surface area contributed by atoms with Gasteiger partial charge in [0.15, 0.2) is 5.65 Å². The van der Waals surface area contributed by atoms with Crippen LogP contribution in [0.5, 0.6) is 0 Å². The molecule has 0 aliphatic heterocycles. The van der Waals surface area contributed by atoms with Gasteiger partial charge in [0.05, 0.1) is 5.69 Å². The predicted molar refractivity (Wildman–Crippen MR) is 79.3 cm³/mol. The first kappa shape index (κ1) is 12.5. The number of fused-ring (bicyclic) bond motifs is 1. The normalized spacial score (nSPS) is 10.4.